The van der Waals surface area contributed by atoms with Crippen LogP contribution < -0.4 is 4.74 Å². The van der Waals surface area contributed by atoms with Gasteiger partial charge < -0.3 is 4.74 Å². The molecule has 0 radical (unpaired) electrons. The molecule has 0 unspecified atom stereocenters. The minimum atomic E-state index is -0.206. The fourth-order valence-corrected chi connectivity index (χ4v) is 2.21. The summed E-state index contributed by atoms with van der Waals surface area (Å²) < 4.78 is 19.6. The molecule has 0 spiro atoms. The van der Waals surface area contributed by atoms with E-state index in [1.165, 1.54) is 18.9 Å². The third-order valence-corrected chi connectivity index (χ3v) is 3.24. The van der Waals surface area contributed by atoms with Crippen LogP contribution in [-0.2, 0) is 0 Å². The Morgan fingerprint density at radius 1 is 1.28 bits per heavy atom. The molecule has 18 heavy (non-hydrogen) atoms. The van der Waals surface area contributed by atoms with Crippen LogP contribution in [0.15, 0.2) is 24.3 Å². The number of ether oxygens (including phenoxy) is 1. The van der Waals surface area contributed by atoms with Crippen molar-refractivity contribution >= 4 is 6.08 Å². The molecule has 0 aromatic heterocycles. The Kier molecular flexibility index (Phi) is 4.40. The first-order valence-corrected chi connectivity index (χ1v) is 6.79. The average Bonchev–Trinajstić information content (AvgIpc) is 2.80. The molecule has 0 aliphatic heterocycles. The highest BCUT2D eigenvalue weighted by Crippen LogP contribution is 2.25. The van der Waals surface area contributed by atoms with Gasteiger partial charge in [0.25, 0.3) is 0 Å². The maximum Gasteiger partial charge on any atom is 0.134 e. The van der Waals surface area contributed by atoms with E-state index in [1.807, 2.05) is 18.2 Å². The maximum atomic E-state index is 13.8. The van der Waals surface area contributed by atoms with Gasteiger partial charge in [-0.25, -0.2) is 4.39 Å². The molecular formula is C16H21FO. The fourth-order valence-electron chi connectivity index (χ4n) is 2.21. The highest BCUT2D eigenvalue weighted by Gasteiger charge is 2.16. The van der Waals surface area contributed by atoms with E-state index >= 15 is 0 Å². The van der Waals surface area contributed by atoms with Gasteiger partial charge in [0.2, 0.25) is 0 Å². The van der Waals surface area contributed by atoms with Gasteiger partial charge in [0.05, 0.1) is 6.10 Å². The molecule has 2 rings (SSSR count). The van der Waals surface area contributed by atoms with E-state index in [4.69, 9.17) is 4.74 Å². The molecule has 0 saturated heterocycles. The first-order valence-electron chi connectivity index (χ1n) is 6.79. The van der Waals surface area contributed by atoms with E-state index < -0.39 is 0 Å². The number of rotatable bonds is 4. The lowest BCUT2D eigenvalue weighted by molar-refractivity contribution is 0.209. The summed E-state index contributed by atoms with van der Waals surface area (Å²) in [6, 6.07) is 5.15. The van der Waals surface area contributed by atoms with Crippen molar-refractivity contribution in [1.82, 2.24) is 0 Å². The Hall–Kier alpha value is -1.31. The molecule has 0 atom stereocenters. The second kappa shape index (κ2) is 6.03. The van der Waals surface area contributed by atoms with Crippen molar-refractivity contribution in [2.45, 2.75) is 45.6 Å². The van der Waals surface area contributed by atoms with Crippen molar-refractivity contribution in [3.63, 3.8) is 0 Å². The molecular weight excluding hydrogens is 227 g/mol. The molecule has 1 saturated carbocycles. The van der Waals surface area contributed by atoms with Gasteiger partial charge in [0.15, 0.2) is 0 Å². The van der Waals surface area contributed by atoms with Gasteiger partial charge in [0.1, 0.15) is 11.6 Å². The molecule has 0 N–H and O–H groups in total. The summed E-state index contributed by atoms with van der Waals surface area (Å²) in [5.41, 5.74) is 0.627. The van der Waals surface area contributed by atoms with Gasteiger partial charge in [-0.05, 0) is 43.7 Å². The molecule has 0 bridgehead atoms. The molecule has 1 nitrogen and oxygen atoms in total. The van der Waals surface area contributed by atoms with Crippen molar-refractivity contribution in [3.8, 4) is 5.75 Å². The van der Waals surface area contributed by atoms with E-state index in [1.54, 1.807) is 6.07 Å². The highest BCUT2D eigenvalue weighted by molar-refractivity contribution is 5.51. The largest absolute Gasteiger partial charge is 0.490 e. The highest BCUT2D eigenvalue weighted by atomic mass is 19.1. The van der Waals surface area contributed by atoms with Crippen LogP contribution in [-0.4, -0.2) is 6.10 Å². The third kappa shape index (κ3) is 3.59. The van der Waals surface area contributed by atoms with Gasteiger partial charge in [-0.1, -0.05) is 26.0 Å². The van der Waals surface area contributed by atoms with Crippen LogP contribution in [0.5, 0.6) is 5.75 Å². The normalized spacial score (nSPS) is 16.9. The second-order valence-electron chi connectivity index (χ2n) is 5.31. The zero-order chi connectivity index (χ0) is 13.0. The molecule has 2 heteroatoms. The van der Waals surface area contributed by atoms with Crippen molar-refractivity contribution in [3.05, 3.63) is 35.7 Å². The number of halogens is 1. The van der Waals surface area contributed by atoms with Crippen LogP contribution in [0.25, 0.3) is 6.08 Å². The first-order chi connectivity index (χ1) is 8.65. The lowest BCUT2D eigenvalue weighted by atomic mass is 10.1. The Morgan fingerprint density at radius 3 is 2.61 bits per heavy atom. The fraction of sp³-hybridized carbons (Fsp3) is 0.500. The SMILES string of the molecule is CC(C)/C=C/c1ccc(OC2CCCC2)cc1F. The van der Waals surface area contributed by atoms with Gasteiger partial charge >= 0.3 is 0 Å². The van der Waals surface area contributed by atoms with Crippen LogP contribution in [0.3, 0.4) is 0 Å². The minimum Gasteiger partial charge on any atom is -0.490 e. The Morgan fingerprint density at radius 2 is 2.00 bits per heavy atom. The molecule has 1 aliphatic rings. The van der Waals surface area contributed by atoms with Crippen molar-refractivity contribution in [1.29, 1.82) is 0 Å². The zero-order valence-corrected chi connectivity index (χ0v) is 11.2. The van der Waals surface area contributed by atoms with E-state index in [9.17, 15) is 4.39 Å². The summed E-state index contributed by atoms with van der Waals surface area (Å²) in [5.74, 6) is 0.877. The number of benzene rings is 1. The van der Waals surface area contributed by atoms with Crippen molar-refractivity contribution in [2.24, 2.45) is 5.92 Å². The lowest BCUT2D eigenvalue weighted by Crippen LogP contribution is -2.10. The van der Waals surface area contributed by atoms with Gasteiger partial charge in [-0.15, -0.1) is 0 Å². The van der Waals surface area contributed by atoms with Crippen LogP contribution in [0, 0.1) is 11.7 Å². The molecule has 1 aromatic carbocycles. The molecule has 1 aromatic rings. The Bertz CT molecular complexity index is 417. The number of allylic oxidation sites excluding steroid dienone is 1. The predicted octanol–water partition coefficient (Wildman–Crippen LogP) is 4.82. The predicted molar refractivity (Wildman–Crippen MR) is 73.2 cm³/mol. The van der Waals surface area contributed by atoms with Crippen LogP contribution in [0.4, 0.5) is 4.39 Å². The molecule has 1 fully saturated rings. The number of hydrogen-bond donors (Lipinski definition) is 0. The summed E-state index contributed by atoms with van der Waals surface area (Å²) >= 11 is 0. The van der Waals surface area contributed by atoms with Crippen LogP contribution in [0.2, 0.25) is 0 Å². The smallest absolute Gasteiger partial charge is 0.134 e. The summed E-state index contributed by atoms with van der Waals surface area (Å²) in [6.45, 7) is 4.15. The van der Waals surface area contributed by atoms with E-state index in [0.717, 1.165) is 12.8 Å². The molecule has 0 amide bonds. The Labute approximate surface area is 109 Å². The molecule has 98 valence electrons. The first kappa shape index (κ1) is 13.1. The lowest BCUT2D eigenvalue weighted by Gasteiger charge is -2.13. The Balaban J connectivity index is 2.04. The van der Waals surface area contributed by atoms with Gasteiger partial charge in [0, 0.05) is 11.6 Å². The quantitative estimate of drug-likeness (QED) is 0.742. The van der Waals surface area contributed by atoms with Crippen LogP contribution >= 0.6 is 0 Å². The average molecular weight is 248 g/mol. The van der Waals surface area contributed by atoms with Crippen LogP contribution in [0.1, 0.15) is 45.1 Å². The monoisotopic (exact) mass is 248 g/mol. The van der Waals surface area contributed by atoms with E-state index in [0.29, 0.717) is 17.2 Å². The summed E-state index contributed by atoms with van der Waals surface area (Å²) in [6.07, 6.45) is 8.74. The summed E-state index contributed by atoms with van der Waals surface area (Å²) in [4.78, 5) is 0. The zero-order valence-electron chi connectivity index (χ0n) is 11.2. The molecule has 1 aliphatic carbocycles. The van der Waals surface area contributed by atoms with Gasteiger partial charge in [-0.3, -0.25) is 0 Å². The number of hydrogen-bond acceptors (Lipinski definition) is 1. The topological polar surface area (TPSA) is 9.23 Å². The van der Waals surface area contributed by atoms with Crippen molar-refractivity contribution in [2.75, 3.05) is 0 Å². The third-order valence-electron chi connectivity index (χ3n) is 3.24. The maximum absolute atomic E-state index is 13.8. The standard InChI is InChI=1S/C16H21FO/c1-12(2)7-8-13-9-10-15(11-16(13)17)18-14-5-3-4-6-14/h7-12,14H,3-6H2,1-2H3/b8-7+. The van der Waals surface area contributed by atoms with Crippen molar-refractivity contribution < 1.29 is 9.13 Å². The minimum absolute atomic E-state index is 0.206. The molecule has 0 heterocycles. The van der Waals surface area contributed by atoms with Gasteiger partial charge in [-0.2, -0.15) is 0 Å². The summed E-state index contributed by atoms with van der Waals surface area (Å²) in [7, 11) is 0. The summed E-state index contributed by atoms with van der Waals surface area (Å²) in [5, 5.41) is 0. The van der Waals surface area contributed by atoms with E-state index in [2.05, 4.69) is 13.8 Å². The second-order valence-corrected chi connectivity index (χ2v) is 5.31. The van der Waals surface area contributed by atoms with E-state index in [-0.39, 0.29) is 11.9 Å².